The zero-order chi connectivity index (χ0) is 13.9. The number of likely N-dealkylation sites (tertiary alicyclic amines) is 1. The second kappa shape index (κ2) is 6.41. The van der Waals surface area contributed by atoms with Crippen LogP contribution in [0.2, 0.25) is 0 Å². The van der Waals surface area contributed by atoms with E-state index in [2.05, 4.69) is 9.80 Å². The molecule has 114 valence electrons. The molecule has 0 aromatic carbocycles. The molecule has 0 aromatic rings. The zero-order valence-electron chi connectivity index (χ0n) is 12.3. The van der Waals surface area contributed by atoms with Gasteiger partial charge in [-0.1, -0.05) is 6.42 Å². The van der Waals surface area contributed by atoms with E-state index in [1.165, 1.54) is 6.42 Å². The van der Waals surface area contributed by atoms with Crippen molar-refractivity contribution >= 4 is 5.91 Å². The van der Waals surface area contributed by atoms with Crippen LogP contribution in [0.4, 0.5) is 0 Å². The van der Waals surface area contributed by atoms with E-state index < -0.39 is 0 Å². The highest BCUT2D eigenvalue weighted by molar-refractivity contribution is 5.79. The largest absolute Gasteiger partial charge is 0.379 e. The first-order valence-corrected chi connectivity index (χ1v) is 8.10. The minimum Gasteiger partial charge on any atom is -0.379 e. The number of nitrogens with two attached hydrogens (primary N) is 1. The van der Waals surface area contributed by atoms with Crippen molar-refractivity contribution in [1.29, 1.82) is 0 Å². The van der Waals surface area contributed by atoms with E-state index in [0.29, 0.717) is 24.4 Å². The maximum absolute atomic E-state index is 12.7. The Kier molecular flexibility index (Phi) is 4.58. The lowest BCUT2D eigenvalue weighted by atomic mass is 9.95. The van der Waals surface area contributed by atoms with Crippen molar-refractivity contribution in [3.8, 4) is 0 Å². The molecule has 3 atom stereocenters. The lowest BCUT2D eigenvalue weighted by molar-refractivity contribution is -0.135. The smallest absolute Gasteiger partial charge is 0.226 e. The highest BCUT2D eigenvalue weighted by atomic mass is 16.5. The van der Waals surface area contributed by atoms with Crippen LogP contribution in [-0.2, 0) is 9.53 Å². The van der Waals surface area contributed by atoms with Gasteiger partial charge in [-0.2, -0.15) is 0 Å². The molecule has 0 aromatic heterocycles. The van der Waals surface area contributed by atoms with E-state index in [4.69, 9.17) is 10.5 Å². The summed E-state index contributed by atoms with van der Waals surface area (Å²) in [5.41, 5.74) is 5.81. The summed E-state index contributed by atoms with van der Waals surface area (Å²) < 4.78 is 5.41. The Hall–Kier alpha value is -0.650. The minimum atomic E-state index is 0.198. The van der Waals surface area contributed by atoms with E-state index in [0.717, 1.165) is 58.7 Å². The van der Waals surface area contributed by atoms with Crippen LogP contribution < -0.4 is 5.73 Å². The summed E-state index contributed by atoms with van der Waals surface area (Å²) in [6.45, 7) is 6.20. The molecule has 2 aliphatic heterocycles. The lowest BCUT2D eigenvalue weighted by Crippen LogP contribution is -2.46. The van der Waals surface area contributed by atoms with Crippen molar-refractivity contribution in [1.82, 2.24) is 9.80 Å². The fourth-order valence-corrected chi connectivity index (χ4v) is 4.06. The molecule has 5 nitrogen and oxygen atoms in total. The maximum Gasteiger partial charge on any atom is 0.226 e. The van der Waals surface area contributed by atoms with Gasteiger partial charge >= 0.3 is 0 Å². The molecule has 3 aliphatic rings. The number of morpholine rings is 1. The van der Waals surface area contributed by atoms with Gasteiger partial charge in [0.15, 0.2) is 0 Å². The number of rotatable bonds is 3. The van der Waals surface area contributed by atoms with Gasteiger partial charge in [0.25, 0.3) is 0 Å². The molecule has 2 heterocycles. The summed E-state index contributed by atoms with van der Waals surface area (Å²) in [5.74, 6) is 0.988. The molecule has 5 heteroatoms. The topological polar surface area (TPSA) is 58.8 Å². The fraction of sp³-hybridized carbons (Fsp3) is 0.933. The number of ether oxygens (including phenoxy) is 1. The van der Waals surface area contributed by atoms with E-state index in [1.54, 1.807) is 0 Å². The van der Waals surface area contributed by atoms with Gasteiger partial charge in [-0.15, -0.1) is 0 Å². The Labute approximate surface area is 121 Å². The van der Waals surface area contributed by atoms with Crippen LogP contribution in [-0.4, -0.2) is 67.7 Å². The second-order valence-electron chi connectivity index (χ2n) is 6.41. The third-order valence-electron chi connectivity index (χ3n) is 5.32. The average Bonchev–Trinajstić information content (AvgIpc) is 3.16. The summed E-state index contributed by atoms with van der Waals surface area (Å²) in [6.07, 6.45) is 4.46. The van der Waals surface area contributed by atoms with E-state index in [-0.39, 0.29) is 5.92 Å². The molecule has 0 bridgehead atoms. The van der Waals surface area contributed by atoms with Gasteiger partial charge in [-0.25, -0.2) is 0 Å². The van der Waals surface area contributed by atoms with Crippen LogP contribution >= 0.6 is 0 Å². The molecule has 2 N–H and O–H groups in total. The van der Waals surface area contributed by atoms with Crippen molar-refractivity contribution in [3.05, 3.63) is 0 Å². The summed E-state index contributed by atoms with van der Waals surface area (Å²) in [4.78, 5) is 17.3. The summed E-state index contributed by atoms with van der Waals surface area (Å²) in [5, 5.41) is 0. The van der Waals surface area contributed by atoms with Crippen LogP contribution in [0.5, 0.6) is 0 Å². The monoisotopic (exact) mass is 281 g/mol. The Morgan fingerprint density at radius 3 is 2.70 bits per heavy atom. The Bertz CT molecular complexity index is 344. The van der Waals surface area contributed by atoms with Crippen LogP contribution in [0.25, 0.3) is 0 Å². The zero-order valence-corrected chi connectivity index (χ0v) is 12.3. The molecule has 1 aliphatic carbocycles. The molecule has 0 radical (unpaired) electrons. The first kappa shape index (κ1) is 14.3. The predicted octanol–water partition coefficient (Wildman–Crippen LogP) is 0.295. The number of hydrogen-bond donors (Lipinski definition) is 1. The quantitative estimate of drug-likeness (QED) is 0.808. The summed E-state index contributed by atoms with van der Waals surface area (Å²) in [6, 6.07) is 0.542. The molecule has 20 heavy (non-hydrogen) atoms. The molecular formula is C15H27N3O2. The Morgan fingerprint density at radius 2 is 1.95 bits per heavy atom. The minimum absolute atomic E-state index is 0.198. The van der Waals surface area contributed by atoms with Crippen molar-refractivity contribution in [2.45, 2.75) is 31.7 Å². The van der Waals surface area contributed by atoms with Gasteiger partial charge in [0, 0.05) is 38.1 Å². The van der Waals surface area contributed by atoms with Crippen LogP contribution in [0, 0.1) is 11.8 Å². The number of amides is 1. The van der Waals surface area contributed by atoms with Crippen LogP contribution in [0.1, 0.15) is 25.7 Å². The van der Waals surface area contributed by atoms with Crippen molar-refractivity contribution in [2.75, 3.05) is 45.9 Å². The number of hydrogen-bond acceptors (Lipinski definition) is 4. The lowest BCUT2D eigenvalue weighted by Gasteiger charge is -2.32. The summed E-state index contributed by atoms with van der Waals surface area (Å²) >= 11 is 0. The van der Waals surface area contributed by atoms with Gasteiger partial charge < -0.3 is 15.4 Å². The van der Waals surface area contributed by atoms with Gasteiger partial charge in [0.2, 0.25) is 5.91 Å². The molecule has 3 rings (SSSR count). The van der Waals surface area contributed by atoms with Crippen molar-refractivity contribution in [3.63, 3.8) is 0 Å². The van der Waals surface area contributed by atoms with E-state index >= 15 is 0 Å². The summed E-state index contributed by atoms with van der Waals surface area (Å²) in [7, 11) is 0. The van der Waals surface area contributed by atoms with Gasteiger partial charge in [-0.05, 0) is 31.7 Å². The highest BCUT2D eigenvalue weighted by Gasteiger charge is 2.38. The molecule has 1 amide bonds. The first-order chi connectivity index (χ1) is 9.79. The highest BCUT2D eigenvalue weighted by Crippen LogP contribution is 2.33. The molecule has 3 fully saturated rings. The van der Waals surface area contributed by atoms with E-state index in [1.807, 2.05) is 0 Å². The average molecular weight is 281 g/mol. The molecule has 2 saturated heterocycles. The van der Waals surface area contributed by atoms with Gasteiger partial charge in [0.1, 0.15) is 0 Å². The number of nitrogens with zero attached hydrogens (tertiary/aromatic N) is 2. The number of carbonyl (C=O) groups excluding carboxylic acids is 1. The van der Waals surface area contributed by atoms with Gasteiger partial charge in [-0.3, -0.25) is 9.69 Å². The molecule has 1 unspecified atom stereocenters. The second-order valence-corrected chi connectivity index (χ2v) is 6.41. The Morgan fingerprint density at radius 1 is 1.15 bits per heavy atom. The molecular weight excluding hydrogens is 254 g/mol. The standard InChI is InChI=1S/C15H27N3O2/c16-10-12-2-1-3-14(12)15(19)18-5-4-13(11-18)17-6-8-20-9-7-17/h12-14H,1-11,16H2/t12-,13?,14-/m1/s1. The SMILES string of the molecule is NC[C@H]1CCC[C@H]1C(=O)N1CCC(N2CCOCC2)C1. The third kappa shape index (κ3) is 2.85. The number of carbonyl (C=O) groups is 1. The van der Waals surface area contributed by atoms with Crippen molar-refractivity contribution < 1.29 is 9.53 Å². The van der Waals surface area contributed by atoms with Crippen molar-refractivity contribution in [2.24, 2.45) is 17.6 Å². The predicted molar refractivity (Wildman–Crippen MR) is 77.3 cm³/mol. The Balaban J connectivity index is 1.55. The van der Waals surface area contributed by atoms with Crippen LogP contribution in [0.3, 0.4) is 0 Å². The normalized spacial score (nSPS) is 35.6. The van der Waals surface area contributed by atoms with Gasteiger partial charge in [0.05, 0.1) is 13.2 Å². The van der Waals surface area contributed by atoms with Crippen LogP contribution in [0.15, 0.2) is 0 Å². The first-order valence-electron chi connectivity index (χ1n) is 8.10. The van der Waals surface area contributed by atoms with E-state index in [9.17, 15) is 4.79 Å². The third-order valence-corrected chi connectivity index (χ3v) is 5.32. The fourth-order valence-electron chi connectivity index (χ4n) is 4.06. The molecule has 0 spiro atoms. The maximum atomic E-state index is 12.7. The molecule has 1 saturated carbocycles.